The number of para-hydroxylation sites is 2. The molecule has 3 rings (SSSR count). The van der Waals surface area contributed by atoms with Crippen LogP contribution in [0.3, 0.4) is 0 Å². The molecule has 2 aromatic carbocycles. The van der Waals surface area contributed by atoms with E-state index < -0.39 is 11.9 Å². The summed E-state index contributed by atoms with van der Waals surface area (Å²) in [6.07, 6.45) is 1.41. The molecular weight excluding hydrogens is 400 g/mol. The van der Waals surface area contributed by atoms with Gasteiger partial charge in [-0.05, 0) is 30.3 Å². The Morgan fingerprint density at radius 2 is 1.74 bits per heavy atom. The van der Waals surface area contributed by atoms with Crippen molar-refractivity contribution in [3.63, 3.8) is 0 Å². The van der Waals surface area contributed by atoms with Crippen molar-refractivity contribution in [1.82, 2.24) is 4.57 Å². The SMILES string of the molecule is COC(=O)c1ccc(Nc2ccccc2OC)c(-n2cc(C#N)c(N)c2C(=O)OC)c1. The van der Waals surface area contributed by atoms with E-state index >= 15 is 0 Å². The van der Waals surface area contributed by atoms with E-state index in [-0.39, 0.29) is 22.5 Å². The van der Waals surface area contributed by atoms with Crippen LogP contribution in [0.2, 0.25) is 0 Å². The van der Waals surface area contributed by atoms with Gasteiger partial charge in [0.1, 0.15) is 11.8 Å². The molecule has 0 bridgehead atoms. The number of carbonyl (C=O) groups is 2. The van der Waals surface area contributed by atoms with Gasteiger partial charge in [0.25, 0.3) is 0 Å². The number of ether oxygens (including phenoxy) is 3. The van der Waals surface area contributed by atoms with E-state index in [0.29, 0.717) is 22.8 Å². The zero-order valence-corrected chi connectivity index (χ0v) is 17.1. The third-order valence-electron chi connectivity index (χ3n) is 4.60. The van der Waals surface area contributed by atoms with Crippen LogP contribution in [0.25, 0.3) is 5.69 Å². The molecule has 1 heterocycles. The zero-order valence-electron chi connectivity index (χ0n) is 17.1. The van der Waals surface area contributed by atoms with Gasteiger partial charge in [-0.3, -0.25) is 0 Å². The van der Waals surface area contributed by atoms with Gasteiger partial charge in [-0.25, -0.2) is 9.59 Å². The predicted molar refractivity (Wildman–Crippen MR) is 114 cm³/mol. The van der Waals surface area contributed by atoms with Crippen LogP contribution in [-0.4, -0.2) is 37.8 Å². The van der Waals surface area contributed by atoms with Crippen molar-refractivity contribution < 1.29 is 23.8 Å². The molecule has 31 heavy (non-hydrogen) atoms. The molecular formula is C22H20N4O5. The summed E-state index contributed by atoms with van der Waals surface area (Å²) < 4.78 is 16.5. The highest BCUT2D eigenvalue weighted by molar-refractivity contribution is 5.97. The fraction of sp³-hybridized carbons (Fsp3) is 0.136. The van der Waals surface area contributed by atoms with Crippen molar-refractivity contribution in [2.24, 2.45) is 0 Å². The molecule has 0 atom stereocenters. The number of nitrogens with zero attached hydrogens (tertiary/aromatic N) is 2. The summed E-state index contributed by atoms with van der Waals surface area (Å²) in [5.41, 5.74) is 7.83. The van der Waals surface area contributed by atoms with Crippen molar-refractivity contribution in [2.45, 2.75) is 0 Å². The number of nitrogens with two attached hydrogens (primary N) is 1. The number of aromatic nitrogens is 1. The van der Waals surface area contributed by atoms with E-state index in [0.717, 1.165) is 0 Å². The Morgan fingerprint density at radius 3 is 2.39 bits per heavy atom. The minimum atomic E-state index is -0.731. The lowest BCUT2D eigenvalue weighted by Gasteiger charge is -2.17. The van der Waals surface area contributed by atoms with Gasteiger partial charge in [0, 0.05) is 6.20 Å². The Bertz CT molecular complexity index is 1190. The summed E-state index contributed by atoms with van der Waals surface area (Å²) in [4.78, 5) is 24.6. The number of anilines is 3. The van der Waals surface area contributed by atoms with Crippen LogP contribution in [0.15, 0.2) is 48.7 Å². The second-order valence-corrected chi connectivity index (χ2v) is 6.33. The van der Waals surface area contributed by atoms with Crippen LogP contribution in [0.4, 0.5) is 17.1 Å². The maximum Gasteiger partial charge on any atom is 0.357 e. The van der Waals surface area contributed by atoms with E-state index in [1.54, 1.807) is 25.3 Å². The summed E-state index contributed by atoms with van der Waals surface area (Å²) in [6.45, 7) is 0. The van der Waals surface area contributed by atoms with Crippen LogP contribution in [-0.2, 0) is 9.47 Å². The van der Waals surface area contributed by atoms with Crippen LogP contribution in [0.5, 0.6) is 5.75 Å². The Hall–Kier alpha value is -4.45. The summed E-state index contributed by atoms with van der Waals surface area (Å²) in [5, 5.41) is 12.6. The average molecular weight is 420 g/mol. The van der Waals surface area contributed by atoms with E-state index in [1.807, 2.05) is 24.3 Å². The normalized spacial score (nSPS) is 10.1. The van der Waals surface area contributed by atoms with E-state index in [1.165, 1.54) is 31.0 Å². The first kappa shape index (κ1) is 21.3. The van der Waals surface area contributed by atoms with Gasteiger partial charge in [0.15, 0.2) is 5.69 Å². The summed E-state index contributed by atoms with van der Waals surface area (Å²) in [5.74, 6) is -0.709. The lowest BCUT2D eigenvalue weighted by molar-refractivity contribution is 0.0588. The van der Waals surface area contributed by atoms with E-state index in [4.69, 9.17) is 19.9 Å². The van der Waals surface area contributed by atoms with E-state index in [2.05, 4.69) is 5.32 Å². The maximum absolute atomic E-state index is 12.4. The van der Waals surface area contributed by atoms with Gasteiger partial charge in [-0.2, -0.15) is 5.26 Å². The number of nitrogens with one attached hydrogen (secondary N) is 1. The molecule has 0 spiro atoms. The minimum Gasteiger partial charge on any atom is -0.495 e. The first-order chi connectivity index (χ1) is 14.9. The lowest BCUT2D eigenvalue weighted by atomic mass is 10.1. The molecule has 0 fully saturated rings. The Kier molecular flexibility index (Phi) is 6.12. The number of rotatable bonds is 6. The molecule has 0 saturated heterocycles. The van der Waals surface area contributed by atoms with Crippen LogP contribution < -0.4 is 15.8 Å². The van der Waals surface area contributed by atoms with Gasteiger partial charge >= 0.3 is 11.9 Å². The van der Waals surface area contributed by atoms with Crippen molar-refractivity contribution >= 4 is 29.0 Å². The summed E-state index contributed by atoms with van der Waals surface area (Å²) in [6, 6.07) is 13.9. The zero-order chi connectivity index (χ0) is 22.5. The average Bonchev–Trinajstić information content (AvgIpc) is 3.14. The molecule has 9 heteroatoms. The third-order valence-corrected chi connectivity index (χ3v) is 4.60. The highest BCUT2D eigenvalue weighted by Crippen LogP contribution is 2.34. The second-order valence-electron chi connectivity index (χ2n) is 6.33. The molecule has 0 aliphatic heterocycles. The summed E-state index contributed by atoms with van der Waals surface area (Å²) >= 11 is 0. The van der Waals surface area contributed by atoms with Crippen molar-refractivity contribution in [3.05, 3.63) is 65.5 Å². The molecule has 9 nitrogen and oxygen atoms in total. The predicted octanol–water partition coefficient (Wildman–Crippen LogP) is 3.26. The molecule has 0 aliphatic rings. The number of methoxy groups -OCH3 is 3. The smallest absolute Gasteiger partial charge is 0.357 e. The number of carbonyl (C=O) groups excluding carboxylic acids is 2. The van der Waals surface area contributed by atoms with Crippen LogP contribution >= 0.6 is 0 Å². The molecule has 0 radical (unpaired) electrons. The highest BCUT2D eigenvalue weighted by Gasteiger charge is 2.24. The van der Waals surface area contributed by atoms with E-state index in [9.17, 15) is 14.9 Å². The molecule has 1 aromatic heterocycles. The number of benzene rings is 2. The highest BCUT2D eigenvalue weighted by atomic mass is 16.5. The molecule has 0 saturated carbocycles. The maximum atomic E-state index is 12.4. The minimum absolute atomic E-state index is 0.0268. The molecule has 0 unspecified atom stereocenters. The van der Waals surface area contributed by atoms with Crippen molar-refractivity contribution in [2.75, 3.05) is 32.4 Å². The third kappa shape index (κ3) is 4.00. The van der Waals surface area contributed by atoms with Crippen molar-refractivity contribution in [3.8, 4) is 17.5 Å². The van der Waals surface area contributed by atoms with Gasteiger partial charge in [-0.15, -0.1) is 0 Å². The fourth-order valence-electron chi connectivity index (χ4n) is 3.08. The Morgan fingerprint density at radius 1 is 1.03 bits per heavy atom. The van der Waals surface area contributed by atoms with Crippen LogP contribution in [0.1, 0.15) is 26.4 Å². The monoisotopic (exact) mass is 420 g/mol. The van der Waals surface area contributed by atoms with Gasteiger partial charge in [0.2, 0.25) is 0 Å². The quantitative estimate of drug-likeness (QED) is 0.582. The number of nitriles is 1. The number of hydrogen-bond donors (Lipinski definition) is 2. The van der Waals surface area contributed by atoms with Gasteiger partial charge in [-0.1, -0.05) is 12.1 Å². The molecule has 3 aromatic rings. The Balaban J connectivity index is 2.26. The summed E-state index contributed by atoms with van der Waals surface area (Å²) in [7, 11) is 4.03. The number of hydrogen-bond acceptors (Lipinski definition) is 8. The Labute approximate surface area is 178 Å². The first-order valence-corrected chi connectivity index (χ1v) is 9.07. The topological polar surface area (TPSA) is 129 Å². The number of esters is 2. The first-order valence-electron chi connectivity index (χ1n) is 9.07. The van der Waals surface area contributed by atoms with Gasteiger partial charge < -0.3 is 29.8 Å². The molecule has 158 valence electrons. The van der Waals surface area contributed by atoms with Crippen molar-refractivity contribution in [1.29, 1.82) is 5.26 Å². The fourth-order valence-corrected chi connectivity index (χ4v) is 3.08. The van der Waals surface area contributed by atoms with Crippen LogP contribution in [0, 0.1) is 11.3 Å². The van der Waals surface area contributed by atoms with Gasteiger partial charge in [0.05, 0.1) is 55.2 Å². The molecule has 3 N–H and O–H groups in total. The lowest BCUT2D eigenvalue weighted by Crippen LogP contribution is -2.13. The molecule has 0 aliphatic carbocycles. The standard InChI is InChI=1S/C22H20N4O5/c1-29-18-7-5-4-6-16(18)25-15-9-8-13(21(27)30-2)10-17(15)26-12-14(11-23)19(24)20(26)22(28)31-3/h4-10,12,25H,24H2,1-3H3. The second kappa shape index (κ2) is 8.92. The number of nitrogen functional groups attached to an aromatic ring is 1. The molecule has 0 amide bonds. The largest absolute Gasteiger partial charge is 0.495 e.